The van der Waals surface area contributed by atoms with Gasteiger partial charge in [0.2, 0.25) is 0 Å². The second-order valence-electron chi connectivity index (χ2n) is 6.15. The quantitative estimate of drug-likeness (QED) is 0.791. The van der Waals surface area contributed by atoms with Gasteiger partial charge in [0.1, 0.15) is 0 Å². The predicted molar refractivity (Wildman–Crippen MR) is 89.5 cm³/mol. The van der Waals surface area contributed by atoms with Crippen molar-refractivity contribution in [3.05, 3.63) is 33.8 Å². The molecule has 5 heteroatoms. The maximum atomic E-state index is 9.43. The largest absolute Gasteiger partial charge is 0.393 e. The number of aliphatic hydroxyl groups excluding tert-OH is 1. The summed E-state index contributed by atoms with van der Waals surface area (Å²) in [4.78, 5) is 0. The molecule has 2 rings (SSSR count). The highest BCUT2D eigenvalue weighted by Crippen LogP contribution is 2.29. The highest BCUT2D eigenvalue weighted by Gasteiger charge is 2.30. The molecule has 1 aliphatic rings. The molecule has 0 unspecified atom stereocenters. The lowest BCUT2D eigenvalue weighted by Crippen LogP contribution is -2.24. The van der Waals surface area contributed by atoms with E-state index in [-0.39, 0.29) is 18.3 Å². The predicted octanol–water partition coefficient (Wildman–Crippen LogP) is 4.46. The van der Waals surface area contributed by atoms with Gasteiger partial charge in [-0.25, -0.2) is 0 Å². The zero-order chi connectivity index (χ0) is 16.1. The highest BCUT2D eigenvalue weighted by molar-refractivity contribution is 6.35. The van der Waals surface area contributed by atoms with Crippen molar-refractivity contribution in [2.24, 2.45) is 5.92 Å². The SMILES string of the molecule is C[C@H](O)C[C@@H]1CC[C@H]([C@@H](C)COCc2c(Cl)cccc2Cl)O1. The summed E-state index contributed by atoms with van der Waals surface area (Å²) in [5.74, 6) is 0.306. The minimum Gasteiger partial charge on any atom is -0.393 e. The number of benzene rings is 1. The molecule has 4 atom stereocenters. The number of rotatable bonds is 7. The van der Waals surface area contributed by atoms with E-state index in [2.05, 4.69) is 6.92 Å². The van der Waals surface area contributed by atoms with E-state index in [4.69, 9.17) is 32.7 Å². The topological polar surface area (TPSA) is 38.7 Å². The van der Waals surface area contributed by atoms with Crippen molar-refractivity contribution in [2.45, 2.75) is 58.0 Å². The van der Waals surface area contributed by atoms with Crippen LogP contribution in [0.4, 0.5) is 0 Å². The van der Waals surface area contributed by atoms with Gasteiger partial charge in [-0.2, -0.15) is 0 Å². The van der Waals surface area contributed by atoms with Gasteiger partial charge >= 0.3 is 0 Å². The van der Waals surface area contributed by atoms with Crippen molar-refractivity contribution in [3.63, 3.8) is 0 Å². The summed E-state index contributed by atoms with van der Waals surface area (Å²) in [5.41, 5.74) is 0.831. The summed E-state index contributed by atoms with van der Waals surface area (Å²) in [7, 11) is 0. The Kier molecular flexibility index (Phi) is 6.97. The molecule has 0 aliphatic carbocycles. The lowest BCUT2D eigenvalue weighted by molar-refractivity contribution is -0.0306. The number of hydrogen-bond donors (Lipinski definition) is 1. The first-order chi connectivity index (χ1) is 10.5. The Labute approximate surface area is 142 Å². The maximum absolute atomic E-state index is 9.43. The van der Waals surface area contributed by atoms with Crippen molar-refractivity contribution < 1.29 is 14.6 Å². The Morgan fingerprint density at radius 2 is 1.95 bits per heavy atom. The maximum Gasteiger partial charge on any atom is 0.0746 e. The Hall–Kier alpha value is -0.320. The summed E-state index contributed by atoms with van der Waals surface area (Å²) in [6.07, 6.45) is 2.80. The van der Waals surface area contributed by atoms with Crippen molar-refractivity contribution in [3.8, 4) is 0 Å². The Bertz CT molecular complexity index is 459. The lowest BCUT2D eigenvalue weighted by Gasteiger charge is -2.21. The zero-order valence-corrected chi connectivity index (χ0v) is 14.6. The van der Waals surface area contributed by atoms with Crippen LogP contribution in [-0.2, 0) is 16.1 Å². The molecule has 3 nitrogen and oxygen atoms in total. The Morgan fingerprint density at radius 3 is 2.59 bits per heavy atom. The minimum atomic E-state index is -0.308. The molecule has 22 heavy (non-hydrogen) atoms. The van der Waals surface area contributed by atoms with E-state index >= 15 is 0 Å². The van der Waals surface area contributed by atoms with Gasteiger partial charge < -0.3 is 14.6 Å². The van der Waals surface area contributed by atoms with E-state index in [0.717, 1.165) is 18.4 Å². The second-order valence-corrected chi connectivity index (χ2v) is 6.97. The van der Waals surface area contributed by atoms with Crippen LogP contribution in [0, 0.1) is 5.92 Å². The summed E-state index contributed by atoms with van der Waals surface area (Å²) in [5, 5.41) is 10.7. The minimum absolute atomic E-state index is 0.172. The highest BCUT2D eigenvalue weighted by atomic mass is 35.5. The summed E-state index contributed by atoms with van der Waals surface area (Å²) in [6, 6.07) is 5.46. The van der Waals surface area contributed by atoms with Gasteiger partial charge in [-0.15, -0.1) is 0 Å². The second kappa shape index (κ2) is 8.51. The van der Waals surface area contributed by atoms with Crippen LogP contribution in [0.2, 0.25) is 10.0 Å². The zero-order valence-electron chi connectivity index (χ0n) is 13.1. The van der Waals surface area contributed by atoms with E-state index in [1.165, 1.54) is 0 Å². The van der Waals surface area contributed by atoms with E-state index < -0.39 is 0 Å². The molecule has 0 aromatic heterocycles. The first-order valence-electron chi connectivity index (χ1n) is 7.81. The van der Waals surface area contributed by atoms with E-state index in [0.29, 0.717) is 35.6 Å². The molecule has 124 valence electrons. The van der Waals surface area contributed by atoms with Crippen LogP contribution in [0.1, 0.15) is 38.7 Å². The van der Waals surface area contributed by atoms with Gasteiger partial charge in [0.15, 0.2) is 0 Å². The van der Waals surface area contributed by atoms with E-state index in [9.17, 15) is 5.11 Å². The molecule has 0 spiro atoms. The van der Waals surface area contributed by atoms with Gasteiger partial charge in [0.25, 0.3) is 0 Å². The van der Waals surface area contributed by atoms with Crippen molar-refractivity contribution >= 4 is 23.2 Å². The molecule has 0 saturated carbocycles. The Morgan fingerprint density at radius 1 is 1.27 bits per heavy atom. The van der Waals surface area contributed by atoms with Crippen LogP contribution in [0.5, 0.6) is 0 Å². The van der Waals surface area contributed by atoms with Crippen LogP contribution in [0.25, 0.3) is 0 Å². The van der Waals surface area contributed by atoms with E-state index in [1.54, 1.807) is 6.92 Å². The fourth-order valence-corrected chi connectivity index (χ4v) is 3.34. The van der Waals surface area contributed by atoms with E-state index in [1.807, 2.05) is 18.2 Å². The van der Waals surface area contributed by atoms with Crippen molar-refractivity contribution in [1.29, 1.82) is 0 Å². The third kappa shape index (κ3) is 5.10. The normalized spacial score (nSPS) is 24.4. The third-order valence-electron chi connectivity index (χ3n) is 4.07. The van der Waals surface area contributed by atoms with Gasteiger partial charge in [0.05, 0.1) is 31.5 Å². The number of aliphatic hydroxyl groups is 1. The monoisotopic (exact) mass is 346 g/mol. The molecule has 0 amide bonds. The fourth-order valence-electron chi connectivity index (χ4n) is 2.83. The van der Waals surface area contributed by atoms with Crippen LogP contribution in [-0.4, -0.2) is 30.0 Å². The summed E-state index contributed by atoms with van der Waals surface area (Å²) >= 11 is 12.3. The van der Waals surface area contributed by atoms with Gasteiger partial charge in [-0.05, 0) is 38.3 Å². The average molecular weight is 347 g/mol. The smallest absolute Gasteiger partial charge is 0.0746 e. The Balaban J connectivity index is 1.75. The molecule has 0 radical (unpaired) electrons. The molecule has 1 aromatic rings. The molecule has 1 N–H and O–H groups in total. The lowest BCUT2D eigenvalue weighted by atomic mass is 10.0. The van der Waals surface area contributed by atoms with Gasteiger partial charge in [-0.1, -0.05) is 36.2 Å². The molecule has 1 saturated heterocycles. The summed E-state index contributed by atoms with van der Waals surface area (Å²) in [6.45, 7) is 4.94. The molecule has 1 aliphatic heterocycles. The van der Waals surface area contributed by atoms with Crippen molar-refractivity contribution in [2.75, 3.05) is 6.61 Å². The first kappa shape index (κ1) is 18.0. The molecule has 0 bridgehead atoms. The molecule has 1 fully saturated rings. The number of ether oxygens (including phenoxy) is 2. The molecular weight excluding hydrogens is 323 g/mol. The third-order valence-corrected chi connectivity index (χ3v) is 4.78. The van der Waals surface area contributed by atoms with Crippen LogP contribution < -0.4 is 0 Å². The summed E-state index contributed by atoms with van der Waals surface area (Å²) < 4.78 is 11.8. The fraction of sp³-hybridized carbons (Fsp3) is 0.647. The number of halogens is 2. The van der Waals surface area contributed by atoms with Crippen LogP contribution >= 0.6 is 23.2 Å². The molecular formula is C17H24Cl2O3. The molecule has 1 heterocycles. The number of hydrogen-bond acceptors (Lipinski definition) is 3. The molecule has 1 aromatic carbocycles. The average Bonchev–Trinajstić information content (AvgIpc) is 2.89. The van der Waals surface area contributed by atoms with Crippen LogP contribution in [0.3, 0.4) is 0 Å². The van der Waals surface area contributed by atoms with Crippen molar-refractivity contribution in [1.82, 2.24) is 0 Å². The van der Waals surface area contributed by atoms with Crippen LogP contribution in [0.15, 0.2) is 18.2 Å². The van der Waals surface area contributed by atoms with Gasteiger partial charge in [0, 0.05) is 21.5 Å². The van der Waals surface area contributed by atoms with Gasteiger partial charge in [-0.3, -0.25) is 0 Å². The standard InChI is InChI=1S/C17H24Cl2O3/c1-11(17-7-6-13(22-17)8-12(2)20)9-21-10-14-15(18)4-3-5-16(14)19/h3-5,11-13,17,20H,6-10H2,1-2H3/t11-,12-,13-,17+/m0/s1. The first-order valence-corrected chi connectivity index (χ1v) is 8.57.